The zero-order valence-corrected chi connectivity index (χ0v) is 16.1. The van der Waals surface area contributed by atoms with Gasteiger partial charge in [-0.25, -0.2) is 0 Å². The molecule has 2 aromatic carbocycles. The molecule has 4 nitrogen and oxygen atoms in total. The highest BCUT2D eigenvalue weighted by molar-refractivity contribution is 7.80. The third kappa shape index (κ3) is 3.74. The Hall–Kier alpha value is -2.37. The number of ether oxygens (including phenoxy) is 1. The first-order valence-corrected chi connectivity index (χ1v) is 9.10. The molecule has 0 bridgehead atoms. The normalized spacial score (nSPS) is 16.7. The minimum Gasteiger partial charge on any atom is -0.492 e. The highest BCUT2D eigenvalue weighted by atomic mass is 35.5. The van der Waals surface area contributed by atoms with E-state index in [1.54, 1.807) is 12.1 Å². The second-order valence-electron chi connectivity index (χ2n) is 5.89. The van der Waals surface area contributed by atoms with Crippen molar-refractivity contribution in [2.45, 2.75) is 19.9 Å². The van der Waals surface area contributed by atoms with Gasteiger partial charge in [-0.1, -0.05) is 48.0 Å². The van der Waals surface area contributed by atoms with Gasteiger partial charge in [-0.15, -0.1) is 0 Å². The third-order valence-electron chi connectivity index (χ3n) is 4.14. The van der Waals surface area contributed by atoms with Gasteiger partial charge in [0, 0.05) is 16.8 Å². The standard InChI is InChI=1S/C20H19ClN2O2S/c1-3-25-16-10-9-14(11-15(16)21)18-17(12(2)22-20(26)23-18)19(24)13-7-5-4-6-8-13/h4-11,18H,3H2,1-2H3,(H2,22,23,26). The Bertz CT molecular complexity index is 881. The van der Waals surface area contributed by atoms with Crippen LogP contribution in [0.3, 0.4) is 0 Å². The van der Waals surface area contributed by atoms with Crippen LogP contribution < -0.4 is 15.4 Å². The van der Waals surface area contributed by atoms with Crippen molar-refractivity contribution in [1.82, 2.24) is 10.6 Å². The van der Waals surface area contributed by atoms with E-state index in [1.807, 2.05) is 50.2 Å². The van der Waals surface area contributed by atoms with Crippen LogP contribution >= 0.6 is 23.8 Å². The molecular weight excluding hydrogens is 368 g/mol. The molecule has 1 heterocycles. The molecular formula is C20H19ClN2O2S. The Morgan fingerprint density at radius 1 is 1.23 bits per heavy atom. The van der Waals surface area contributed by atoms with Crippen molar-refractivity contribution in [2.75, 3.05) is 6.61 Å². The molecule has 0 aliphatic carbocycles. The van der Waals surface area contributed by atoms with E-state index >= 15 is 0 Å². The van der Waals surface area contributed by atoms with Gasteiger partial charge in [-0.3, -0.25) is 4.79 Å². The van der Waals surface area contributed by atoms with Crippen LogP contribution in [0, 0.1) is 0 Å². The summed E-state index contributed by atoms with van der Waals surface area (Å²) in [7, 11) is 0. The van der Waals surface area contributed by atoms with Gasteiger partial charge in [-0.2, -0.15) is 0 Å². The molecule has 1 aliphatic heterocycles. The zero-order valence-electron chi connectivity index (χ0n) is 14.5. The second kappa shape index (κ2) is 7.89. The third-order valence-corrected chi connectivity index (χ3v) is 4.65. The van der Waals surface area contributed by atoms with Crippen LogP contribution in [0.1, 0.15) is 35.8 Å². The fourth-order valence-electron chi connectivity index (χ4n) is 2.96. The van der Waals surface area contributed by atoms with Gasteiger partial charge < -0.3 is 15.4 Å². The van der Waals surface area contributed by atoms with Crippen molar-refractivity contribution in [3.05, 3.63) is 76.0 Å². The fraction of sp³-hybridized carbons (Fsp3) is 0.200. The second-order valence-corrected chi connectivity index (χ2v) is 6.70. The van der Waals surface area contributed by atoms with Gasteiger partial charge in [0.25, 0.3) is 0 Å². The lowest BCUT2D eigenvalue weighted by molar-refractivity contribution is 0.102. The number of Topliss-reactive ketones (excluding diaryl/α,β-unsaturated/α-hetero) is 1. The maximum absolute atomic E-state index is 13.1. The summed E-state index contributed by atoms with van der Waals surface area (Å²) in [5, 5.41) is 7.21. The van der Waals surface area contributed by atoms with Crippen molar-refractivity contribution in [2.24, 2.45) is 0 Å². The summed E-state index contributed by atoms with van der Waals surface area (Å²) in [4.78, 5) is 13.1. The first-order valence-electron chi connectivity index (χ1n) is 8.31. The average Bonchev–Trinajstić information content (AvgIpc) is 2.63. The number of thiocarbonyl (C=S) groups is 1. The van der Waals surface area contributed by atoms with E-state index in [-0.39, 0.29) is 11.8 Å². The van der Waals surface area contributed by atoms with Crippen molar-refractivity contribution >= 4 is 34.7 Å². The van der Waals surface area contributed by atoms with Gasteiger partial charge >= 0.3 is 0 Å². The lowest BCUT2D eigenvalue weighted by Gasteiger charge is -2.30. The molecule has 2 N–H and O–H groups in total. The number of hydrogen-bond acceptors (Lipinski definition) is 3. The predicted octanol–water partition coefficient (Wildman–Crippen LogP) is 4.41. The Kier molecular flexibility index (Phi) is 5.59. The summed E-state index contributed by atoms with van der Waals surface area (Å²) in [6, 6.07) is 14.3. The number of allylic oxidation sites excluding steroid dienone is 1. The largest absolute Gasteiger partial charge is 0.492 e. The molecule has 0 radical (unpaired) electrons. The van der Waals surface area contributed by atoms with Crippen molar-refractivity contribution in [1.29, 1.82) is 0 Å². The Morgan fingerprint density at radius 3 is 2.62 bits per heavy atom. The maximum atomic E-state index is 13.1. The molecule has 3 rings (SSSR count). The summed E-state index contributed by atoms with van der Waals surface area (Å²) in [5.74, 6) is 0.562. The lowest BCUT2D eigenvalue weighted by Crippen LogP contribution is -2.44. The number of benzene rings is 2. The molecule has 1 aliphatic rings. The molecule has 2 aromatic rings. The van der Waals surface area contributed by atoms with Crippen LogP contribution in [0.2, 0.25) is 5.02 Å². The molecule has 0 saturated heterocycles. The Balaban J connectivity index is 2.03. The van der Waals surface area contributed by atoms with E-state index in [4.69, 9.17) is 28.6 Å². The number of ketones is 1. The van der Waals surface area contributed by atoms with Crippen LogP contribution in [-0.4, -0.2) is 17.5 Å². The number of carbonyl (C=O) groups excluding carboxylic acids is 1. The number of nitrogens with one attached hydrogen (secondary N) is 2. The van der Waals surface area contributed by atoms with Gasteiger partial charge in [0.1, 0.15) is 5.75 Å². The van der Waals surface area contributed by atoms with Crippen LogP contribution in [0.15, 0.2) is 59.8 Å². The van der Waals surface area contributed by atoms with Gasteiger partial charge in [0.15, 0.2) is 10.9 Å². The lowest BCUT2D eigenvalue weighted by atomic mass is 9.89. The molecule has 1 unspecified atom stereocenters. The van der Waals surface area contributed by atoms with Crippen molar-refractivity contribution < 1.29 is 9.53 Å². The van der Waals surface area contributed by atoms with E-state index in [9.17, 15) is 4.79 Å². The molecule has 0 fully saturated rings. The number of halogens is 1. The molecule has 0 spiro atoms. The van der Waals surface area contributed by atoms with E-state index in [0.717, 1.165) is 11.3 Å². The molecule has 0 amide bonds. The van der Waals surface area contributed by atoms with E-state index in [1.165, 1.54) is 0 Å². The topological polar surface area (TPSA) is 50.4 Å². The van der Waals surface area contributed by atoms with Crippen LogP contribution in [0.4, 0.5) is 0 Å². The fourth-order valence-corrected chi connectivity index (χ4v) is 3.47. The monoisotopic (exact) mass is 386 g/mol. The molecule has 0 saturated carbocycles. The molecule has 134 valence electrons. The molecule has 0 aromatic heterocycles. The quantitative estimate of drug-likeness (QED) is 0.588. The smallest absolute Gasteiger partial charge is 0.193 e. The van der Waals surface area contributed by atoms with Crippen molar-refractivity contribution in [3.63, 3.8) is 0 Å². The number of carbonyl (C=O) groups is 1. The van der Waals surface area contributed by atoms with Gasteiger partial charge in [-0.05, 0) is 43.8 Å². The molecule has 6 heteroatoms. The maximum Gasteiger partial charge on any atom is 0.193 e. The Morgan fingerprint density at radius 2 is 1.96 bits per heavy atom. The SMILES string of the molecule is CCOc1ccc(C2NC(=S)NC(C)=C2C(=O)c2ccccc2)cc1Cl. The first-order chi connectivity index (χ1) is 12.5. The predicted molar refractivity (Wildman–Crippen MR) is 108 cm³/mol. The molecule has 26 heavy (non-hydrogen) atoms. The van der Waals surface area contributed by atoms with Crippen LogP contribution in [0.5, 0.6) is 5.75 Å². The zero-order chi connectivity index (χ0) is 18.7. The van der Waals surface area contributed by atoms with Gasteiger partial charge in [0.05, 0.1) is 17.7 Å². The summed E-state index contributed by atoms with van der Waals surface area (Å²) >= 11 is 11.6. The summed E-state index contributed by atoms with van der Waals surface area (Å²) in [6.07, 6.45) is 0. The van der Waals surface area contributed by atoms with E-state index in [0.29, 0.717) is 33.6 Å². The number of rotatable bonds is 5. The highest BCUT2D eigenvalue weighted by Crippen LogP contribution is 2.34. The average molecular weight is 387 g/mol. The van der Waals surface area contributed by atoms with Gasteiger partial charge in [0.2, 0.25) is 0 Å². The Labute approximate surface area is 163 Å². The highest BCUT2D eigenvalue weighted by Gasteiger charge is 2.30. The van der Waals surface area contributed by atoms with Crippen LogP contribution in [-0.2, 0) is 0 Å². The number of hydrogen-bond donors (Lipinski definition) is 2. The minimum atomic E-state index is -0.385. The summed E-state index contributed by atoms with van der Waals surface area (Å²) in [5.41, 5.74) is 2.82. The molecule has 1 atom stereocenters. The van der Waals surface area contributed by atoms with E-state index < -0.39 is 0 Å². The minimum absolute atomic E-state index is 0.0550. The summed E-state index contributed by atoms with van der Waals surface area (Å²) in [6.45, 7) is 4.29. The van der Waals surface area contributed by atoms with Crippen molar-refractivity contribution in [3.8, 4) is 5.75 Å². The van der Waals surface area contributed by atoms with E-state index in [2.05, 4.69) is 10.6 Å². The first kappa shape index (κ1) is 18.4. The van der Waals surface area contributed by atoms with Crippen LogP contribution in [0.25, 0.3) is 0 Å². The summed E-state index contributed by atoms with van der Waals surface area (Å²) < 4.78 is 5.50.